The van der Waals surface area contributed by atoms with Crippen molar-refractivity contribution in [2.24, 2.45) is 0 Å². The van der Waals surface area contributed by atoms with Gasteiger partial charge in [-0.15, -0.1) is 10.2 Å². The number of hydrogen-bond donors (Lipinski definition) is 1. The van der Waals surface area contributed by atoms with Crippen LogP contribution < -0.4 is 10.1 Å². The van der Waals surface area contributed by atoms with Crippen LogP contribution in [0.3, 0.4) is 0 Å². The molecule has 0 fully saturated rings. The number of nitrogens with zero attached hydrogens (tertiary/aromatic N) is 3. The molecule has 0 unspecified atom stereocenters. The number of amides is 1. The highest BCUT2D eigenvalue weighted by atomic mass is 32.2. The normalized spacial score (nSPS) is 11.8. The Balaban J connectivity index is 1.56. The van der Waals surface area contributed by atoms with E-state index in [0.29, 0.717) is 18.8 Å². The molecule has 3 rings (SSSR count). The van der Waals surface area contributed by atoms with Crippen LogP contribution in [-0.2, 0) is 24.3 Å². The molecule has 1 N–H and O–H groups in total. The molecule has 3 aromatic rings. The minimum Gasteiger partial charge on any atom is -0.483 e. The van der Waals surface area contributed by atoms with Crippen LogP contribution in [0.15, 0.2) is 59.8 Å². The summed E-state index contributed by atoms with van der Waals surface area (Å²) in [6, 6.07) is 18.0. The molecule has 158 valence electrons. The summed E-state index contributed by atoms with van der Waals surface area (Å²) in [7, 11) is 0. The highest BCUT2D eigenvalue weighted by Gasteiger charge is 2.19. The molecule has 0 aliphatic heterocycles. The van der Waals surface area contributed by atoms with Crippen molar-refractivity contribution >= 4 is 17.7 Å². The van der Waals surface area contributed by atoms with E-state index < -0.39 is 0 Å². The van der Waals surface area contributed by atoms with Crippen LogP contribution in [0.2, 0.25) is 0 Å². The van der Waals surface area contributed by atoms with E-state index >= 15 is 0 Å². The first-order valence-corrected chi connectivity index (χ1v) is 11.2. The van der Waals surface area contributed by atoms with Crippen molar-refractivity contribution in [3.05, 3.63) is 71.5 Å². The summed E-state index contributed by atoms with van der Waals surface area (Å²) >= 11 is 1.39. The standard InChI is InChI=1S/C23H28N4O2S/c1-4-18-11-13-20(14-12-18)29-17(3)22-25-26-23(27(22)5-2)30-16-21(28)24-15-19-9-7-6-8-10-19/h6-14,17H,4-5,15-16H2,1-3H3,(H,24,28)/t17-/m1/s1. The predicted octanol–water partition coefficient (Wildman–Crippen LogP) is 4.41. The number of ether oxygens (including phenoxy) is 1. The molecule has 6 nitrogen and oxygen atoms in total. The Labute approximate surface area is 182 Å². The van der Waals surface area contributed by atoms with Gasteiger partial charge in [0.2, 0.25) is 5.91 Å². The lowest BCUT2D eigenvalue weighted by Gasteiger charge is -2.16. The van der Waals surface area contributed by atoms with E-state index in [9.17, 15) is 4.79 Å². The molecule has 0 radical (unpaired) electrons. The molecule has 1 atom stereocenters. The third kappa shape index (κ3) is 5.86. The molecule has 30 heavy (non-hydrogen) atoms. The number of aromatic nitrogens is 3. The van der Waals surface area contributed by atoms with Gasteiger partial charge in [-0.1, -0.05) is 61.2 Å². The second-order valence-electron chi connectivity index (χ2n) is 6.89. The van der Waals surface area contributed by atoms with Gasteiger partial charge in [0.15, 0.2) is 17.1 Å². The van der Waals surface area contributed by atoms with Crippen LogP contribution in [0.4, 0.5) is 0 Å². The fraction of sp³-hybridized carbons (Fsp3) is 0.348. The second-order valence-corrected chi connectivity index (χ2v) is 7.84. The summed E-state index contributed by atoms with van der Waals surface area (Å²) < 4.78 is 8.06. The Hall–Kier alpha value is -2.80. The van der Waals surface area contributed by atoms with Gasteiger partial charge in [0.25, 0.3) is 0 Å². The van der Waals surface area contributed by atoms with Gasteiger partial charge < -0.3 is 14.6 Å². The number of thioether (sulfide) groups is 1. The maximum Gasteiger partial charge on any atom is 0.230 e. The molecule has 0 saturated heterocycles. The number of rotatable bonds is 10. The van der Waals surface area contributed by atoms with E-state index in [2.05, 4.69) is 34.6 Å². The molecular weight excluding hydrogens is 396 g/mol. The Kier molecular flexibility index (Phi) is 7.90. The van der Waals surface area contributed by atoms with Crippen LogP contribution >= 0.6 is 11.8 Å². The summed E-state index contributed by atoms with van der Waals surface area (Å²) in [5.41, 5.74) is 2.35. The van der Waals surface area contributed by atoms with Crippen molar-refractivity contribution in [2.75, 3.05) is 5.75 Å². The smallest absolute Gasteiger partial charge is 0.230 e. The molecule has 2 aromatic carbocycles. The third-order valence-corrected chi connectivity index (χ3v) is 5.70. The largest absolute Gasteiger partial charge is 0.483 e. The number of carbonyl (C=O) groups is 1. The summed E-state index contributed by atoms with van der Waals surface area (Å²) in [4.78, 5) is 12.2. The zero-order chi connectivity index (χ0) is 21.3. The van der Waals surface area contributed by atoms with Gasteiger partial charge in [0, 0.05) is 13.1 Å². The van der Waals surface area contributed by atoms with Gasteiger partial charge in [-0.3, -0.25) is 4.79 Å². The number of hydrogen-bond acceptors (Lipinski definition) is 5. The lowest BCUT2D eigenvalue weighted by atomic mass is 10.2. The Bertz CT molecular complexity index is 942. The van der Waals surface area contributed by atoms with E-state index in [0.717, 1.165) is 28.7 Å². The minimum absolute atomic E-state index is 0.0311. The number of carbonyl (C=O) groups excluding carboxylic acids is 1. The van der Waals surface area contributed by atoms with Gasteiger partial charge in [-0.05, 0) is 43.5 Å². The Morgan fingerprint density at radius 1 is 1.07 bits per heavy atom. The van der Waals surface area contributed by atoms with Crippen molar-refractivity contribution < 1.29 is 9.53 Å². The van der Waals surface area contributed by atoms with Gasteiger partial charge in [-0.25, -0.2) is 0 Å². The van der Waals surface area contributed by atoms with Crippen molar-refractivity contribution in [3.63, 3.8) is 0 Å². The molecule has 7 heteroatoms. The summed E-state index contributed by atoms with van der Waals surface area (Å²) in [6.07, 6.45) is 0.755. The fourth-order valence-electron chi connectivity index (χ4n) is 3.04. The summed E-state index contributed by atoms with van der Waals surface area (Å²) in [5.74, 6) is 1.82. The van der Waals surface area contributed by atoms with E-state index in [-0.39, 0.29) is 12.0 Å². The Morgan fingerprint density at radius 3 is 2.47 bits per heavy atom. The van der Waals surface area contributed by atoms with E-state index in [4.69, 9.17) is 4.74 Å². The van der Waals surface area contributed by atoms with Crippen molar-refractivity contribution in [3.8, 4) is 5.75 Å². The van der Waals surface area contributed by atoms with E-state index in [1.165, 1.54) is 17.3 Å². The number of aryl methyl sites for hydroxylation is 1. The first-order chi connectivity index (χ1) is 14.6. The van der Waals surface area contributed by atoms with Crippen LogP contribution in [0.5, 0.6) is 5.75 Å². The van der Waals surface area contributed by atoms with Crippen LogP contribution in [0.1, 0.15) is 43.8 Å². The van der Waals surface area contributed by atoms with Gasteiger partial charge >= 0.3 is 0 Å². The van der Waals surface area contributed by atoms with Crippen molar-refractivity contribution in [2.45, 2.75) is 51.5 Å². The summed E-state index contributed by atoms with van der Waals surface area (Å²) in [6.45, 7) is 7.36. The number of nitrogens with one attached hydrogen (secondary N) is 1. The highest BCUT2D eigenvalue weighted by molar-refractivity contribution is 7.99. The molecule has 0 aliphatic carbocycles. The minimum atomic E-state index is -0.244. The van der Waals surface area contributed by atoms with Gasteiger partial charge in [0.1, 0.15) is 5.75 Å². The van der Waals surface area contributed by atoms with E-state index in [1.807, 2.05) is 60.9 Å². The van der Waals surface area contributed by atoms with Crippen molar-refractivity contribution in [1.82, 2.24) is 20.1 Å². The first-order valence-electron chi connectivity index (χ1n) is 10.2. The fourth-order valence-corrected chi connectivity index (χ4v) is 3.88. The molecule has 0 bridgehead atoms. The molecule has 1 aromatic heterocycles. The van der Waals surface area contributed by atoms with Gasteiger partial charge in [-0.2, -0.15) is 0 Å². The van der Waals surface area contributed by atoms with Crippen LogP contribution in [0.25, 0.3) is 0 Å². The first kappa shape index (κ1) is 21.9. The third-order valence-electron chi connectivity index (χ3n) is 4.73. The van der Waals surface area contributed by atoms with E-state index in [1.54, 1.807) is 0 Å². The molecule has 1 amide bonds. The summed E-state index contributed by atoms with van der Waals surface area (Å²) in [5, 5.41) is 12.3. The molecule has 0 aliphatic rings. The second kappa shape index (κ2) is 10.8. The maximum atomic E-state index is 12.2. The monoisotopic (exact) mass is 424 g/mol. The molecule has 0 spiro atoms. The van der Waals surface area contributed by atoms with Crippen LogP contribution in [-0.4, -0.2) is 26.4 Å². The molecule has 0 saturated carbocycles. The number of benzene rings is 2. The average Bonchev–Trinajstić information content (AvgIpc) is 3.20. The van der Waals surface area contributed by atoms with Crippen LogP contribution in [0, 0.1) is 0 Å². The zero-order valence-corrected chi connectivity index (χ0v) is 18.5. The van der Waals surface area contributed by atoms with Crippen molar-refractivity contribution in [1.29, 1.82) is 0 Å². The average molecular weight is 425 g/mol. The maximum absolute atomic E-state index is 12.2. The quantitative estimate of drug-likeness (QED) is 0.488. The van der Waals surface area contributed by atoms with Gasteiger partial charge in [0.05, 0.1) is 5.75 Å². The topological polar surface area (TPSA) is 69.0 Å². The molecule has 1 heterocycles. The highest BCUT2D eigenvalue weighted by Crippen LogP contribution is 2.25. The Morgan fingerprint density at radius 2 is 1.80 bits per heavy atom. The predicted molar refractivity (Wildman–Crippen MR) is 120 cm³/mol. The lowest BCUT2D eigenvalue weighted by Crippen LogP contribution is -2.24. The molecular formula is C23H28N4O2S. The lowest BCUT2D eigenvalue weighted by molar-refractivity contribution is -0.118. The zero-order valence-electron chi connectivity index (χ0n) is 17.7. The SMILES string of the molecule is CCc1ccc(O[C@H](C)c2nnc(SCC(=O)NCc3ccccc3)n2CC)cc1.